The first kappa shape index (κ1) is 17.1. The number of hydrogen-bond acceptors (Lipinski definition) is 2. The Balaban J connectivity index is 1.50. The lowest BCUT2D eigenvalue weighted by Crippen LogP contribution is -2.31. The van der Waals surface area contributed by atoms with Crippen molar-refractivity contribution in [1.29, 1.82) is 0 Å². The summed E-state index contributed by atoms with van der Waals surface area (Å²) in [6.45, 7) is 2.74. The van der Waals surface area contributed by atoms with Crippen molar-refractivity contribution in [2.24, 2.45) is 0 Å². The maximum absolute atomic E-state index is 12.3. The fourth-order valence-electron chi connectivity index (χ4n) is 3.12. The van der Waals surface area contributed by atoms with Crippen LogP contribution >= 0.6 is 11.8 Å². The molecule has 2 aromatic rings. The van der Waals surface area contributed by atoms with Gasteiger partial charge in [0.25, 0.3) is 0 Å². The van der Waals surface area contributed by atoms with Gasteiger partial charge in [-0.3, -0.25) is 4.79 Å². The molecule has 1 N–H and O–H groups in total. The maximum Gasteiger partial charge on any atom is 0.233 e. The summed E-state index contributed by atoms with van der Waals surface area (Å²) in [4.78, 5) is 13.4. The molecular formula is C21H25NOS. The summed E-state index contributed by atoms with van der Waals surface area (Å²) in [5, 5.41) is 5.47. The van der Waals surface area contributed by atoms with Crippen molar-refractivity contribution in [2.75, 3.05) is 6.54 Å². The van der Waals surface area contributed by atoms with Crippen LogP contribution in [0.3, 0.4) is 0 Å². The minimum Gasteiger partial charge on any atom is -0.355 e. The van der Waals surface area contributed by atoms with Crippen molar-refractivity contribution in [1.82, 2.24) is 5.32 Å². The summed E-state index contributed by atoms with van der Waals surface area (Å²) in [6, 6.07) is 14.7. The molecule has 126 valence electrons. The molecule has 0 fully saturated rings. The van der Waals surface area contributed by atoms with Crippen LogP contribution < -0.4 is 5.32 Å². The lowest BCUT2D eigenvalue weighted by Gasteiger charge is -2.15. The van der Waals surface area contributed by atoms with Crippen LogP contribution in [-0.4, -0.2) is 17.7 Å². The van der Waals surface area contributed by atoms with E-state index in [1.54, 1.807) is 11.8 Å². The lowest BCUT2D eigenvalue weighted by atomic mass is 9.97. The molecule has 3 rings (SSSR count). The molecule has 1 aliphatic rings. The summed E-state index contributed by atoms with van der Waals surface area (Å²) in [5.74, 6) is 0.129. The molecule has 0 heterocycles. The lowest BCUT2D eigenvalue weighted by molar-refractivity contribution is -0.120. The minimum atomic E-state index is -0.0773. The molecule has 1 aliphatic carbocycles. The second kappa shape index (κ2) is 8.39. The molecule has 0 unspecified atom stereocenters. The fraction of sp³-hybridized carbons (Fsp3) is 0.381. The summed E-state index contributed by atoms with van der Waals surface area (Å²) in [7, 11) is 0. The van der Waals surface area contributed by atoms with Gasteiger partial charge in [-0.15, -0.1) is 11.8 Å². The summed E-state index contributed by atoms with van der Waals surface area (Å²) in [6.07, 6.45) is 8.38. The number of benzene rings is 2. The molecular weight excluding hydrogens is 314 g/mol. The number of carbonyl (C=O) groups excluding carboxylic acids is 1. The average molecular weight is 340 g/mol. The van der Waals surface area contributed by atoms with E-state index in [1.165, 1.54) is 42.0 Å². The highest BCUT2D eigenvalue weighted by Gasteiger charge is 2.14. The van der Waals surface area contributed by atoms with Crippen molar-refractivity contribution in [3.05, 3.63) is 54.1 Å². The SMILES string of the molecule is C[C@@H](Sc1ccc2ccccc2c1)C(=O)NCCC1=CCCCC1. The zero-order valence-electron chi connectivity index (χ0n) is 14.3. The summed E-state index contributed by atoms with van der Waals surface area (Å²) >= 11 is 1.63. The normalized spacial score (nSPS) is 15.8. The number of allylic oxidation sites excluding steroid dienone is 1. The highest BCUT2D eigenvalue weighted by molar-refractivity contribution is 8.00. The number of amides is 1. The number of rotatable bonds is 6. The van der Waals surface area contributed by atoms with E-state index >= 15 is 0 Å². The molecule has 0 saturated heterocycles. The first-order chi connectivity index (χ1) is 11.7. The Morgan fingerprint density at radius 3 is 2.79 bits per heavy atom. The van der Waals surface area contributed by atoms with Gasteiger partial charge in [-0.05, 0) is 61.9 Å². The summed E-state index contributed by atoms with van der Waals surface area (Å²) < 4.78 is 0. The predicted octanol–water partition coefficient (Wildman–Crippen LogP) is 5.33. The van der Waals surface area contributed by atoms with Gasteiger partial charge in [0.15, 0.2) is 0 Å². The quantitative estimate of drug-likeness (QED) is 0.569. The largest absolute Gasteiger partial charge is 0.355 e. The monoisotopic (exact) mass is 339 g/mol. The van der Waals surface area contributed by atoms with Crippen LogP contribution in [-0.2, 0) is 4.79 Å². The molecule has 2 aromatic carbocycles. The molecule has 0 aromatic heterocycles. The van der Waals surface area contributed by atoms with E-state index < -0.39 is 0 Å². The van der Waals surface area contributed by atoms with E-state index in [9.17, 15) is 4.79 Å². The Kier molecular flexibility index (Phi) is 5.97. The van der Waals surface area contributed by atoms with Gasteiger partial charge in [0.2, 0.25) is 5.91 Å². The van der Waals surface area contributed by atoms with E-state index in [0.717, 1.165) is 17.9 Å². The molecule has 1 amide bonds. The van der Waals surface area contributed by atoms with E-state index in [0.29, 0.717) is 0 Å². The van der Waals surface area contributed by atoms with Gasteiger partial charge < -0.3 is 5.32 Å². The number of nitrogens with one attached hydrogen (secondary N) is 1. The highest BCUT2D eigenvalue weighted by atomic mass is 32.2. The Labute approximate surface area is 148 Å². The second-order valence-corrected chi connectivity index (χ2v) is 7.83. The van der Waals surface area contributed by atoms with Crippen LogP contribution in [0.4, 0.5) is 0 Å². The highest BCUT2D eigenvalue weighted by Crippen LogP contribution is 2.27. The van der Waals surface area contributed by atoms with Gasteiger partial charge in [-0.2, -0.15) is 0 Å². The van der Waals surface area contributed by atoms with Crippen LogP contribution in [0.5, 0.6) is 0 Å². The zero-order chi connectivity index (χ0) is 16.8. The van der Waals surface area contributed by atoms with Crippen molar-refractivity contribution < 1.29 is 4.79 Å². The van der Waals surface area contributed by atoms with Gasteiger partial charge in [0, 0.05) is 11.4 Å². The summed E-state index contributed by atoms with van der Waals surface area (Å²) in [5.41, 5.74) is 1.51. The zero-order valence-corrected chi connectivity index (χ0v) is 15.1. The van der Waals surface area contributed by atoms with Crippen LogP contribution in [0, 0.1) is 0 Å². The van der Waals surface area contributed by atoms with Crippen molar-refractivity contribution in [3.63, 3.8) is 0 Å². The Morgan fingerprint density at radius 1 is 1.17 bits per heavy atom. The number of hydrogen-bond donors (Lipinski definition) is 1. The molecule has 0 aliphatic heterocycles. The third kappa shape index (κ3) is 4.64. The minimum absolute atomic E-state index is 0.0773. The van der Waals surface area contributed by atoms with Crippen LogP contribution in [0.1, 0.15) is 39.0 Å². The molecule has 24 heavy (non-hydrogen) atoms. The first-order valence-corrected chi connectivity index (χ1v) is 9.71. The average Bonchev–Trinajstić information content (AvgIpc) is 2.62. The smallest absolute Gasteiger partial charge is 0.233 e. The molecule has 0 saturated carbocycles. The Bertz CT molecular complexity index is 737. The topological polar surface area (TPSA) is 29.1 Å². The van der Waals surface area contributed by atoms with E-state index in [1.807, 2.05) is 19.1 Å². The molecule has 1 atom stereocenters. The fourth-order valence-corrected chi connectivity index (χ4v) is 4.06. The van der Waals surface area contributed by atoms with Gasteiger partial charge >= 0.3 is 0 Å². The van der Waals surface area contributed by atoms with Crippen molar-refractivity contribution in [2.45, 2.75) is 49.2 Å². The molecule has 0 radical (unpaired) electrons. The predicted molar refractivity (Wildman–Crippen MR) is 103 cm³/mol. The Morgan fingerprint density at radius 2 is 2.00 bits per heavy atom. The van der Waals surface area contributed by atoms with Gasteiger partial charge in [0.05, 0.1) is 5.25 Å². The Hall–Kier alpha value is -1.74. The first-order valence-electron chi connectivity index (χ1n) is 8.83. The molecule has 3 heteroatoms. The standard InChI is InChI=1S/C21H25NOS/c1-16(21(23)22-14-13-17-7-3-2-4-8-17)24-20-12-11-18-9-5-6-10-19(18)15-20/h5-7,9-12,15-16H,2-4,8,13-14H2,1H3,(H,22,23)/t16-/m1/s1. The number of carbonyl (C=O) groups is 1. The van der Waals surface area contributed by atoms with E-state index in [2.05, 4.69) is 41.7 Å². The number of fused-ring (bicyclic) bond motifs is 1. The molecule has 0 bridgehead atoms. The van der Waals surface area contributed by atoms with E-state index in [-0.39, 0.29) is 11.2 Å². The van der Waals surface area contributed by atoms with Gasteiger partial charge in [-0.1, -0.05) is 42.0 Å². The van der Waals surface area contributed by atoms with Crippen LogP contribution in [0.15, 0.2) is 59.0 Å². The van der Waals surface area contributed by atoms with Gasteiger partial charge in [0.1, 0.15) is 0 Å². The maximum atomic E-state index is 12.3. The molecule has 0 spiro atoms. The third-order valence-corrected chi connectivity index (χ3v) is 5.63. The molecule has 2 nitrogen and oxygen atoms in total. The van der Waals surface area contributed by atoms with Gasteiger partial charge in [-0.25, -0.2) is 0 Å². The second-order valence-electron chi connectivity index (χ2n) is 6.42. The van der Waals surface area contributed by atoms with Crippen LogP contribution in [0.25, 0.3) is 10.8 Å². The van der Waals surface area contributed by atoms with Crippen molar-refractivity contribution >= 4 is 28.4 Å². The van der Waals surface area contributed by atoms with E-state index in [4.69, 9.17) is 0 Å². The third-order valence-electron chi connectivity index (χ3n) is 4.53. The van der Waals surface area contributed by atoms with Crippen LogP contribution in [0.2, 0.25) is 0 Å². The van der Waals surface area contributed by atoms with Crippen molar-refractivity contribution in [3.8, 4) is 0 Å². The number of thioether (sulfide) groups is 1.